The van der Waals surface area contributed by atoms with Crippen LogP contribution >= 0.6 is 0 Å². The predicted octanol–water partition coefficient (Wildman–Crippen LogP) is 2.01. The standard InChI is InChI=1S/C16H20N2O/c1-2-3-4-13-5-7-14(8-6-13)16(19)18-11-9-15(17)10-12-18/h5-8,15H,2,9-12,17H2,1H3. The summed E-state index contributed by atoms with van der Waals surface area (Å²) < 4.78 is 0. The molecular formula is C16H20N2O. The fourth-order valence-electron chi connectivity index (χ4n) is 2.17. The van der Waals surface area contributed by atoms with Gasteiger partial charge in [0, 0.05) is 36.7 Å². The van der Waals surface area contributed by atoms with E-state index in [1.807, 2.05) is 36.1 Å². The summed E-state index contributed by atoms with van der Waals surface area (Å²) in [6, 6.07) is 7.78. The molecule has 1 aliphatic heterocycles. The highest BCUT2D eigenvalue weighted by Gasteiger charge is 2.21. The lowest BCUT2D eigenvalue weighted by atomic mass is 10.0. The Morgan fingerprint density at radius 1 is 1.32 bits per heavy atom. The van der Waals surface area contributed by atoms with Crippen molar-refractivity contribution in [1.82, 2.24) is 4.90 Å². The van der Waals surface area contributed by atoms with Crippen LogP contribution in [0.3, 0.4) is 0 Å². The van der Waals surface area contributed by atoms with E-state index >= 15 is 0 Å². The molecule has 100 valence electrons. The molecule has 0 atom stereocenters. The summed E-state index contributed by atoms with van der Waals surface area (Å²) in [6.45, 7) is 3.54. The van der Waals surface area contributed by atoms with Gasteiger partial charge in [-0.1, -0.05) is 18.8 Å². The number of nitrogens with two attached hydrogens (primary N) is 1. The number of hydrogen-bond donors (Lipinski definition) is 1. The Morgan fingerprint density at radius 2 is 1.95 bits per heavy atom. The minimum Gasteiger partial charge on any atom is -0.339 e. The van der Waals surface area contributed by atoms with E-state index in [0.717, 1.165) is 43.5 Å². The number of rotatable bonds is 1. The number of carbonyl (C=O) groups is 1. The molecule has 1 aliphatic rings. The van der Waals surface area contributed by atoms with Gasteiger partial charge >= 0.3 is 0 Å². The molecule has 1 aromatic carbocycles. The molecule has 1 heterocycles. The summed E-state index contributed by atoms with van der Waals surface area (Å²) in [4.78, 5) is 14.2. The lowest BCUT2D eigenvalue weighted by Gasteiger charge is -2.30. The molecular weight excluding hydrogens is 236 g/mol. The molecule has 3 heteroatoms. The second-order valence-electron chi connectivity index (χ2n) is 4.86. The third-order valence-corrected chi connectivity index (χ3v) is 3.37. The van der Waals surface area contributed by atoms with Crippen molar-refractivity contribution >= 4 is 5.91 Å². The Kier molecular flexibility index (Phi) is 4.59. The molecule has 19 heavy (non-hydrogen) atoms. The van der Waals surface area contributed by atoms with Crippen LogP contribution in [0.15, 0.2) is 24.3 Å². The Balaban J connectivity index is 2.03. The minimum absolute atomic E-state index is 0.0990. The minimum atomic E-state index is 0.0990. The number of likely N-dealkylation sites (tertiary alicyclic amines) is 1. The second-order valence-corrected chi connectivity index (χ2v) is 4.86. The third-order valence-electron chi connectivity index (χ3n) is 3.37. The van der Waals surface area contributed by atoms with Gasteiger partial charge in [0.2, 0.25) is 0 Å². The Bertz CT molecular complexity index is 488. The number of piperidine rings is 1. The van der Waals surface area contributed by atoms with Gasteiger partial charge in [0.1, 0.15) is 0 Å². The number of amides is 1. The fourth-order valence-corrected chi connectivity index (χ4v) is 2.17. The lowest BCUT2D eigenvalue weighted by Crippen LogP contribution is -2.42. The zero-order valence-corrected chi connectivity index (χ0v) is 11.4. The Morgan fingerprint density at radius 3 is 2.53 bits per heavy atom. The van der Waals surface area contributed by atoms with Gasteiger partial charge in [-0.05, 0) is 37.1 Å². The molecule has 0 radical (unpaired) electrons. The predicted molar refractivity (Wildman–Crippen MR) is 76.7 cm³/mol. The molecule has 3 nitrogen and oxygen atoms in total. The van der Waals surface area contributed by atoms with E-state index in [9.17, 15) is 4.79 Å². The molecule has 2 rings (SSSR count). The zero-order chi connectivity index (χ0) is 13.7. The van der Waals surface area contributed by atoms with Crippen LogP contribution in [0.25, 0.3) is 0 Å². The van der Waals surface area contributed by atoms with E-state index < -0.39 is 0 Å². The van der Waals surface area contributed by atoms with E-state index in [4.69, 9.17) is 5.73 Å². The monoisotopic (exact) mass is 256 g/mol. The maximum absolute atomic E-state index is 12.3. The average molecular weight is 256 g/mol. The van der Waals surface area contributed by atoms with Gasteiger partial charge in [-0.15, -0.1) is 0 Å². The largest absolute Gasteiger partial charge is 0.339 e. The summed E-state index contributed by atoms with van der Waals surface area (Å²) >= 11 is 0. The fraction of sp³-hybridized carbons (Fsp3) is 0.438. The first-order valence-electron chi connectivity index (χ1n) is 6.84. The maximum Gasteiger partial charge on any atom is 0.253 e. The van der Waals surface area contributed by atoms with Gasteiger partial charge in [0.25, 0.3) is 5.91 Å². The first kappa shape index (κ1) is 13.6. The van der Waals surface area contributed by atoms with Crippen LogP contribution in [0.5, 0.6) is 0 Å². The van der Waals surface area contributed by atoms with Crippen molar-refractivity contribution in [3.8, 4) is 11.8 Å². The SMILES string of the molecule is CCC#Cc1ccc(C(=O)N2CCC(N)CC2)cc1. The van der Waals surface area contributed by atoms with Gasteiger partial charge in [-0.25, -0.2) is 0 Å². The van der Waals surface area contributed by atoms with Crippen LogP contribution in [-0.2, 0) is 0 Å². The summed E-state index contributed by atoms with van der Waals surface area (Å²) in [5, 5.41) is 0. The Labute approximate surface area is 114 Å². The number of nitrogens with zero attached hydrogens (tertiary/aromatic N) is 1. The van der Waals surface area contributed by atoms with Crippen LogP contribution in [0.4, 0.5) is 0 Å². The molecule has 0 bridgehead atoms. The molecule has 0 unspecified atom stereocenters. The van der Waals surface area contributed by atoms with Gasteiger partial charge < -0.3 is 10.6 Å². The van der Waals surface area contributed by atoms with Crippen molar-refractivity contribution in [2.75, 3.05) is 13.1 Å². The quantitative estimate of drug-likeness (QED) is 0.781. The maximum atomic E-state index is 12.3. The normalized spacial score (nSPS) is 15.8. The van der Waals surface area contributed by atoms with Crippen LogP contribution in [-0.4, -0.2) is 29.9 Å². The summed E-state index contributed by atoms with van der Waals surface area (Å²) in [7, 11) is 0. The van der Waals surface area contributed by atoms with Crippen LogP contribution in [0.1, 0.15) is 42.1 Å². The summed E-state index contributed by atoms with van der Waals surface area (Å²) in [5.41, 5.74) is 7.54. The smallest absolute Gasteiger partial charge is 0.253 e. The highest BCUT2D eigenvalue weighted by Crippen LogP contribution is 2.13. The van der Waals surface area contributed by atoms with E-state index in [-0.39, 0.29) is 11.9 Å². The van der Waals surface area contributed by atoms with Crippen molar-refractivity contribution in [2.45, 2.75) is 32.2 Å². The summed E-state index contributed by atoms with van der Waals surface area (Å²) in [5.74, 6) is 6.18. The number of hydrogen-bond acceptors (Lipinski definition) is 2. The second kappa shape index (κ2) is 6.40. The topological polar surface area (TPSA) is 46.3 Å². The molecule has 1 aromatic rings. The first-order valence-corrected chi connectivity index (χ1v) is 6.84. The summed E-state index contributed by atoms with van der Waals surface area (Å²) in [6.07, 6.45) is 2.63. The van der Waals surface area contributed by atoms with Gasteiger partial charge in [-0.2, -0.15) is 0 Å². The van der Waals surface area contributed by atoms with Crippen molar-refractivity contribution in [3.63, 3.8) is 0 Å². The van der Waals surface area contributed by atoms with Crippen LogP contribution < -0.4 is 5.73 Å². The Hall–Kier alpha value is -1.79. The van der Waals surface area contributed by atoms with Crippen molar-refractivity contribution in [2.24, 2.45) is 5.73 Å². The molecule has 1 amide bonds. The van der Waals surface area contributed by atoms with E-state index in [2.05, 4.69) is 11.8 Å². The third kappa shape index (κ3) is 3.59. The van der Waals surface area contributed by atoms with Crippen LogP contribution in [0.2, 0.25) is 0 Å². The van der Waals surface area contributed by atoms with Crippen molar-refractivity contribution in [3.05, 3.63) is 35.4 Å². The van der Waals surface area contributed by atoms with Crippen molar-refractivity contribution in [1.29, 1.82) is 0 Å². The van der Waals surface area contributed by atoms with Gasteiger partial charge in [0.15, 0.2) is 0 Å². The van der Waals surface area contributed by atoms with Crippen molar-refractivity contribution < 1.29 is 4.79 Å². The van der Waals surface area contributed by atoms with Gasteiger partial charge in [-0.3, -0.25) is 4.79 Å². The lowest BCUT2D eigenvalue weighted by molar-refractivity contribution is 0.0715. The van der Waals surface area contributed by atoms with Gasteiger partial charge in [0.05, 0.1) is 0 Å². The molecule has 1 saturated heterocycles. The number of carbonyl (C=O) groups excluding carboxylic acids is 1. The molecule has 2 N–H and O–H groups in total. The first-order chi connectivity index (χ1) is 9.20. The average Bonchev–Trinajstić information content (AvgIpc) is 2.46. The molecule has 0 aromatic heterocycles. The molecule has 1 fully saturated rings. The number of benzene rings is 1. The van der Waals surface area contributed by atoms with E-state index in [1.165, 1.54) is 0 Å². The highest BCUT2D eigenvalue weighted by atomic mass is 16.2. The highest BCUT2D eigenvalue weighted by molar-refractivity contribution is 5.94. The molecule has 0 saturated carbocycles. The van der Waals surface area contributed by atoms with E-state index in [1.54, 1.807) is 0 Å². The van der Waals surface area contributed by atoms with Crippen LogP contribution in [0, 0.1) is 11.8 Å². The molecule has 0 spiro atoms. The zero-order valence-electron chi connectivity index (χ0n) is 11.4. The van der Waals surface area contributed by atoms with E-state index in [0.29, 0.717) is 0 Å². The molecule has 0 aliphatic carbocycles.